The number of hydrogen-bond donors (Lipinski definition) is 14. The third-order valence-corrected chi connectivity index (χ3v) is 14.0. The number of ether oxygens (including phenoxy) is 10. The minimum Gasteiger partial charge on any atom is -0.394 e. The molecule has 3 aliphatic heterocycles. The van der Waals surface area contributed by atoms with Gasteiger partial charge in [-0.3, -0.25) is 24.0 Å². The topological polar surface area (TPSA) is 420 Å². The first-order chi connectivity index (χ1) is 40.5. The molecule has 0 spiro atoms. The molecule has 3 aliphatic rings. The van der Waals surface area contributed by atoms with Crippen LogP contribution >= 0.6 is 0 Å². The van der Waals surface area contributed by atoms with Crippen molar-refractivity contribution in [2.45, 2.75) is 185 Å². The van der Waals surface area contributed by atoms with Crippen LogP contribution in [0.2, 0.25) is 0 Å². The Kier molecular flexibility index (Phi) is 40.3. The summed E-state index contributed by atoms with van der Waals surface area (Å²) < 4.78 is 56.9. The molecule has 0 radical (unpaired) electrons. The second-order valence-electron chi connectivity index (χ2n) is 22.4. The Morgan fingerprint density at radius 2 is 0.706 bits per heavy atom. The van der Waals surface area contributed by atoms with Gasteiger partial charge < -0.3 is 120 Å². The van der Waals surface area contributed by atoms with Gasteiger partial charge in [-0.15, -0.1) is 0 Å². The molecule has 5 amide bonds. The number of carbonyl (C=O) groups excluding carboxylic acids is 5. The number of methoxy groups -OCH3 is 1. The fraction of sp³-hybridized carbons (Fsp3) is 0.911. The molecule has 0 bridgehead atoms. The van der Waals surface area contributed by atoms with E-state index in [1.54, 1.807) is 27.9 Å². The van der Waals surface area contributed by atoms with Crippen molar-refractivity contribution in [1.29, 1.82) is 0 Å². The summed E-state index contributed by atoms with van der Waals surface area (Å²) in [5.74, 6) is -2.75. The average molecular weight is 1230 g/mol. The van der Waals surface area contributed by atoms with Gasteiger partial charge in [-0.25, -0.2) is 0 Å². The van der Waals surface area contributed by atoms with Crippen molar-refractivity contribution in [3.8, 4) is 0 Å². The van der Waals surface area contributed by atoms with Crippen LogP contribution in [-0.2, 0) is 71.3 Å². The summed E-state index contributed by atoms with van der Waals surface area (Å²) in [6.07, 6.45) is -11.4. The molecule has 0 aromatic carbocycles. The summed E-state index contributed by atoms with van der Waals surface area (Å²) in [5.41, 5.74) is -1.44. The van der Waals surface area contributed by atoms with Crippen molar-refractivity contribution >= 4 is 29.5 Å². The van der Waals surface area contributed by atoms with Crippen molar-refractivity contribution in [2.24, 2.45) is 23.7 Å². The summed E-state index contributed by atoms with van der Waals surface area (Å²) >= 11 is 0. The lowest BCUT2D eigenvalue weighted by Gasteiger charge is -2.40. The molecule has 14 N–H and O–H groups in total. The molecule has 6 unspecified atom stereocenters. The molecule has 15 atom stereocenters. The predicted molar refractivity (Wildman–Crippen MR) is 303 cm³/mol. The Hall–Kier alpha value is -3.41. The summed E-state index contributed by atoms with van der Waals surface area (Å²) in [6, 6.07) is 0. The monoisotopic (exact) mass is 1230 g/mol. The molecule has 498 valence electrons. The van der Waals surface area contributed by atoms with Gasteiger partial charge in [0.1, 0.15) is 42.2 Å². The predicted octanol–water partition coefficient (Wildman–Crippen LogP) is -3.16. The van der Waals surface area contributed by atoms with Gasteiger partial charge in [-0.05, 0) is 38.0 Å². The van der Waals surface area contributed by atoms with E-state index < -0.39 is 123 Å². The highest BCUT2D eigenvalue weighted by Crippen LogP contribution is 2.29. The first-order valence-corrected chi connectivity index (χ1v) is 29.9. The van der Waals surface area contributed by atoms with Crippen LogP contribution in [0.15, 0.2) is 0 Å². The summed E-state index contributed by atoms with van der Waals surface area (Å²) in [7, 11) is 1.56. The molecule has 85 heavy (non-hydrogen) atoms. The van der Waals surface area contributed by atoms with Gasteiger partial charge >= 0.3 is 0 Å². The summed E-state index contributed by atoms with van der Waals surface area (Å²) in [4.78, 5) is 64.7. The number of amides is 5. The van der Waals surface area contributed by atoms with Crippen LogP contribution in [0.3, 0.4) is 0 Å². The first-order valence-electron chi connectivity index (χ1n) is 29.9. The normalized spacial score (nSPS) is 28.4. The highest BCUT2D eigenvalue weighted by Gasteiger charge is 2.45. The number of carbonyl (C=O) groups is 5. The van der Waals surface area contributed by atoms with Crippen molar-refractivity contribution < 1.29 is 117 Å². The van der Waals surface area contributed by atoms with E-state index in [4.69, 9.17) is 47.4 Å². The lowest BCUT2D eigenvalue weighted by atomic mass is 9.92. The third kappa shape index (κ3) is 30.6. The van der Waals surface area contributed by atoms with Gasteiger partial charge in [0, 0.05) is 89.8 Å². The lowest BCUT2D eigenvalue weighted by molar-refractivity contribution is -0.282. The minimum atomic E-state index is -1.44. The largest absolute Gasteiger partial charge is 0.394 e. The standard InChI is InChI=1S/C52H95N5O24.C4H10/c1-32-43(66)46(69)35(26-58)79-49(32)76-20-7-16-54-39(62)12-23-73-29-52(57-42(65)11-5-10-38(61)53-15-6-19-72-4,30-74-24-13-40(63)55-17-8-21-77-50-33(2)44(67)47(70)36(27-59)80-50)31-75-25-14-41(64)56-18-9-22-78-51-34(3)45(68)48(71)37(28-60)81-51;1-4(2)3/h32-37,43-51,58-60,66-71H,5-31H2,1-4H3,(H,53,61)(H,54,62)(H,55,63)(H,56,64)(H,57,65);4H,1-3H3/t32-,33-,34-,35?,36?,37?,43?,44?,45?,46-,47-,48-,49+,50+,51+,52?;/m0./s1. The number of rotatable bonds is 42. The fourth-order valence-electron chi connectivity index (χ4n) is 8.83. The molecule has 29 nitrogen and oxygen atoms in total. The molecule has 0 aromatic heterocycles. The van der Waals surface area contributed by atoms with E-state index in [2.05, 4.69) is 47.4 Å². The average Bonchev–Trinajstić information content (AvgIpc) is 3.25. The van der Waals surface area contributed by atoms with Crippen LogP contribution in [-0.4, -0.2) is 274 Å². The summed E-state index contributed by atoms with van der Waals surface area (Å²) in [6.45, 7) is 10.6. The maximum absolute atomic E-state index is 13.6. The number of aliphatic hydroxyl groups is 9. The number of hydrogen-bond acceptors (Lipinski definition) is 24. The second-order valence-corrected chi connectivity index (χ2v) is 22.4. The molecular weight excluding hydrogens is 1130 g/mol. The fourth-order valence-corrected chi connectivity index (χ4v) is 8.83. The van der Waals surface area contributed by atoms with E-state index >= 15 is 0 Å². The number of aliphatic hydroxyl groups excluding tert-OH is 9. The van der Waals surface area contributed by atoms with Gasteiger partial charge in [0.25, 0.3) is 0 Å². The van der Waals surface area contributed by atoms with Crippen molar-refractivity contribution in [3.63, 3.8) is 0 Å². The van der Waals surface area contributed by atoms with Crippen LogP contribution in [0.1, 0.15) is 106 Å². The SMILES string of the molecule is CC(C)C.COCCCNC(=O)CCCC(=O)NC(COCCC(=O)NCCCO[C@@H]1OC(CO)[C@H](O)C(O)[C@@H]1C)(COCCC(=O)NCCCO[C@@H]1OC(CO)[C@H](O)C(O)[C@@H]1C)COCCC(=O)NCCCO[C@@H]1OC(CO)[C@H](O)C(O)[C@@H]1C. The molecule has 3 rings (SSSR count). The van der Waals surface area contributed by atoms with E-state index in [-0.39, 0.29) is 141 Å². The highest BCUT2D eigenvalue weighted by molar-refractivity contribution is 5.79. The van der Waals surface area contributed by atoms with Crippen LogP contribution in [0.5, 0.6) is 0 Å². The Bertz CT molecular complexity index is 1660. The zero-order valence-corrected chi connectivity index (χ0v) is 51.0. The molecule has 29 heteroatoms. The molecular formula is C56H105N5O24. The molecule has 0 aromatic rings. The highest BCUT2D eigenvalue weighted by atomic mass is 16.7. The zero-order valence-electron chi connectivity index (χ0n) is 51.0. The maximum atomic E-state index is 13.6. The lowest BCUT2D eigenvalue weighted by Crippen LogP contribution is -2.58. The maximum Gasteiger partial charge on any atom is 0.222 e. The van der Waals surface area contributed by atoms with Crippen molar-refractivity contribution in [2.75, 3.05) is 119 Å². The van der Waals surface area contributed by atoms with E-state index in [1.165, 1.54) is 0 Å². The third-order valence-electron chi connectivity index (χ3n) is 14.0. The van der Waals surface area contributed by atoms with Crippen LogP contribution < -0.4 is 26.6 Å². The van der Waals surface area contributed by atoms with E-state index in [1.807, 2.05) is 0 Å². The van der Waals surface area contributed by atoms with Crippen LogP contribution in [0.25, 0.3) is 0 Å². The second kappa shape index (κ2) is 44.1. The Balaban J connectivity index is 0.00000596. The van der Waals surface area contributed by atoms with E-state index in [0.717, 1.165) is 5.92 Å². The minimum absolute atomic E-state index is 0.0569. The van der Waals surface area contributed by atoms with Crippen LogP contribution in [0.4, 0.5) is 0 Å². The quantitative estimate of drug-likeness (QED) is 0.0268. The Morgan fingerprint density at radius 3 is 1.00 bits per heavy atom. The van der Waals surface area contributed by atoms with Gasteiger partial charge in [0.2, 0.25) is 29.5 Å². The summed E-state index contributed by atoms with van der Waals surface area (Å²) in [5, 5.41) is 104. The van der Waals surface area contributed by atoms with Crippen molar-refractivity contribution in [1.82, 2.24) is 26.6 Å². The van der Waals surface area contributed by atoms with Crippen LogP contribution in [0, 0.1) is 23.7 Å². The number of nitrogens with one attached hydrogen (secondary N) is 5. The zero-order chi connectivity index (χ0) is 63.3. The molecule has 0 saturated carbocycles. The van der Waals surface area contributed by atoms with Gasteiger partial charge in [-0.2, -0.15) is 0 Å². The Morgan fingerprint density at radius 1 is 0.424 bits per heavy atom. The van der Waals surface area contributed by atoms with Gasteiger partial charge in [0.05, 0.1) is 97.6 Å². The van der Waals surface area contributed by atoms with Crippen molar-refractivity contribution in [3.05, 3.63) is 0 Å². The molecule has 3 heterocycles. The smallest absolute Gasteiger partial charge is 0.222 e. The molecule has 3 fully saturated rings. The van der Waals surface area contributed by atoms with E-state index in [9.17, 15) is 69.9 Å². The first kappa shape index (κ1) is 77.7. The van der Waals surface area contributed by atoms with Gasteiger partial charge in [-0.1, -0.05) is 41.5 Å². The van der Waals surface area contributed by atoms with E-state index in [0.29, 0.717) is 38.8 Å². The Labute approximate surface area is 500 Å². The molecule has 3 saturated heterocycles. The molecule has 0 aliphatic carbocycles. The van der Waals surface area contributed by atoms with Gasteiger partial charge in [0.15, 0.2) is 18.9 Å².